The minimum absolute atomic E-state index is 0.0485. The molecule has 0 radical (unpaired) electrons. The maximum atomic E-state index is 13.4. The lowest BCUT2D eigenvalue weighted by Gasteiger charge is -2.12. The van der Waals surface area contributed by atoms with E-state index in [2.05, 4.69) is 15.6 Å². The van der Waals surface area contributed by atoms with E-state index in [4.69, 9.17) is 0 Å². The third-order valence-electron chi connectivity index (χ3n) is 2.74. The number of nitrogens with one attached hydrogen (secondary N) is 3. The second kappa shape index (κ2) is 9.14. The molecule has 0 aliphatic rings. The van der Waals surface area contributed by atoms with Crippen molar-refractivity contribution >= 4 is 17.6 Å². The summed E-state index contributed by atoms with van der Waals surface area (Å²) in [4.78, 5) is 15.4. The van der Waals surface area contributed by atoms with Crippen LogP contribution in [0, 0.1) is 17.5 Å². The molecule has 0 aromatic heterocycles. The number of aliphatic imine (C=N–C) groups is 1. The molecule has 1 rings (SSSR count). The van der Waals surface area contributed by atoms with Crippen LogP contribution in [0.5, 0.6) is 0 Å². The first-order chi connectivity index (χ1) is 11.6. The molecule has 1 amide bonds. The number of hydrogen-bond donors (Lipinski definition) is 3. The average Bonchev–Trinajstić information content (AvgIpc) is 2.52. The summed E-state index contributed by atoms with van der Waals surface area (Å²) in [6, 6.07) is 1.47. The van der Waals surface area contributed by atoms with Crippen molar-refractivity contribution in [2.45, 2.75) is 19.5 Å². The van der Waals surface area contributed by atoms with Crippen LogP contribution >= 0.6 is 0 Å². The number of hydrogen-bond acceptors (Lipinski definition) is 2. The van der Waals surface area contributed by atoms with Crippen LogP contribution in [0.15, 0.2) is 17.1 Å². The Labute approximate surface area is 139 Å². The zero-order chi connectivity index (χ0) is 19.0. The zero-order valence-electron chi connectivity index (χ0n) is 13.1. The van der Waals surface area contributed by atoms with Gasteiger partial charge in [0.25, 0.3) is 0 Å². The van der Waals surface area contributed by atoms with Crippen molar-refractivity contribution in [3.63, 3.8) is 0 Å². The molecule has 140 valence electrons. The van der Waals surface area contributed by atoms with Gasteiger partial charge in [-0.3, -0.25) is 4.79 Å². The highest BCUT2D eigenvalue weighted by Gasteiger charge is 2.26. The number of carbonyl (C=O) groups is 1. The second-order valence-electron chi connectivity index (χ2n) is 4.76. The van der Waals surface area contributed by atoms with Crippen LogP contribution in [0.3, 0.4) is 0 Å². The molecule has 5 nitrogen and oxygen atoms in total. The van der Waals surface area contributed by atoms with Crippen molar-refractivity contribution in [1.82, 2.24) is 10.6 Å². The average molecular weight is 370 g/mol. The monoisotopic (exact) mass is 370 g/mol. The minimum Gasteiger partial charge on any atom is -0.357 e. The smallest absolute Gasteiger partial charge is 0.357 e. The van der Waals surface area contributed by atoms with Crippen LogP contribution in [-0.4, -0.2) is 37.7 Å². The van der Waals surface area contributed by atoms with Crippen molar-refractivity contribution in [2.24, 2.45) is 4.99 Å². The van der Waals surface area contributed by atoms with Gasteiger partial charge in [0.2, 0.25) is 5.91 Å². The summed E-state index contributed by atoms with van der Waals surface area (Å²) < 4.78 is 75.5. The van der Waals surface area contributed by atoms with E-state index in [1.807, 2.05) is 5.32 Å². The van der Waals surface area contributed by atoms with Gasteiger partial charge in [-0.15, -0.1) is 0 Å². The topological polar surface area (TPSA) is 65.5 Å². The summed E-state index contributed by atoms with van der Waals surface area (Å²) in [7, 11) is 0. The summed E-state index contributed by atoms with van der Waals surface area (Å²) in [5, 5.41) is 7.00. The lowest BCUT2D eigenvalue weighted by Crippen LogP contribution is -2.39. The van der Waals surface area contributed by atoms with Gasteiger partial charge in [-0.1, -0.05) is 0 Å². The molecule has 0 bridgehead atoms. The first-order valence-corrected chi connectivity index (χ1v) is 7.16. The van der Waals surface area contributed by atoms with Gasteiger partial charge < -0.3 is 16.0 Å². The molecule has 1 aromatic rings. The Morgan fingerprint density at radius 1 is 1.12 bits per heavy atom. The van der Waals surface area contributed by atoms with Crippen molar-refractivity contribution in [1.29, 1.82) is 0 Å². The van der Waals surface area contributed by atoms with Crippen molar-refractivity contribution in [3.8, 4) is 0 Å². The molecule has 0 saturated carbocycles. The largest absolute Gasteiger partial charge is 0.390 e. The van der Waals surface area contributed by atoms with Gasteiger partial charge >= 0.3 is 6.18 Å². The number of anilines is 1. The maximum absolute atomic E-state index is 13.4. The number of nitrogens with zero attached hydrogens (tertiary/aromatic N) is 1. The molecule has 0 aliphatic carbocycles. The van der Waals surface area contributed by atoms with E-state index in [0.29, 0.717) is 12.6 Å². The van der Waals surface area contributed by atoms with Crippen molar-refractivity contribution < 1.29 is 31.1 Å². The van der Waals surface area contributed by atoms with Gasteiger partial charge in [-0.05, 0) is 19.1 Å². The highest BCUT2D eigenvalue weighted by atomic mass is 19.4. The molecule has 0 fully saturated rings. The molecule has 1 aromatic carbocycles. The standard InChI is InChI=1S/C14H16F6N4O/c1-2-21-13(22-6-5-14(18,19)20)23-7-10(25)24-9-4-3-8(15)11(16)12(9)17/h3-4H,2,5-7H2,1H3,(H,24,25)(H2,21,22,23). The molecule has 0 spiro atoms. The summed E-state index contributed by atoms with van der Waals surface area (Å²) in [5.41, 5.74) is -0.575. The molecular formula is C14H16F6N4O. The number of carbonyl (C=O) groups excluding carboxylic acids is 1. The minimum atomic E-state index is -4.34. The molecule has 0 unspecified atom stereocenters. The molecule has 3 N–H and O–H groups in total. The highest BCUT2D eigenvalue weighted by Crippen LogP contribution is 2.19. The number of guanidine groups is 1. The van der Waals surface area contributed by atoms with E-state index in [0.717, 1.165) is 6.07 Å². The SMILES string of the molecule is CCNC(=NCC(=O)Nc1ccc(F)c(F)c1F)NCCC(F)(F)F. The molecular weight excluding hydrogens is 354 g/mol. The highest BCUT2D eigenvalue weighted by molar-refractivity contribution is 5.94. The lowest BCUT2D eigenvalue weighted by atomic mass is 10.3. The van der Waals surface area contributed by atoms with E-state index in [1.54, 1.807) is 6.92 Å². The van der Waals surface area contributed by atoms with Crippen LogP contribution in [0.25, 0.3) is 0 Å². The fourth-order valence-corrected chi connectivity index (χ4v) is 1.63. The summed E-state index contributed by atoms with van der Waals surface area (Å²) in [6.45, 7) is 0.976. The Morgan fingerprint density at radius 2 is 1.80 bits per heavy atom. The first kappa shape index (κ1) is 20.6. The Kier molecular flexibility index (Phi) is 7.52. The first-order valence-electron chi connectivity index (χ1n) is 7.16. The summed E-state index contributed by atoms with van der Waals surface area (Å²) in [5.74, 6) is -5.61. The Balaban J connectivity index is 2.63. The predicted octanol–water partition coefficient (Wildman–Crippen LogP) is 2.55. The normalized spacial score (nSPS) is 12.0. The van der Waals surface area contributed by atoms with E-state index in [-0.39, 0.29) is 5.96 Å². The summed E-state index contributed by atoms with van der Waals surface area (Å²) >= 11 is 0. The Morgan fingerprint density at radius 3 is 2.40 bits per heavy atom. The number of alkyl halides is 3. The quantitative estimate of drug-likeness (QED) is 0.312. The van der Waals surface area contributed by atoms with E-state index >= 15 is 0 Å². The van der Waals surface area contributed by atoms with Gasteiger partial charge in [0.1, 0.15) is 6.54 Å². The van der Waals surface area contributed by atoms with Gasteiger partial charge in [0.05, 0.1) is 12.1 Å². The van der Waals surface area contributed by atoms with Gasteiger partial charge in [0.15, 0.2) is 23.4 Å². The van der Waals surface area contributed by atoms with Crippen molar-refractivity contribution in [3.05, 3.63) is 29.6 Å². The van der Waals surface area contributed by atoms with Crippen molar-refractivity contribution in [2.75, 3.05) is 25.0 Å². The molecule has 0 heterocycles. The molecule has 25 heavy (non-hydrogen) atoms. The van der Waals surface area contributed by atoms with E-state index in [1.165, 1.54) is 0 Å². The molecule has 11 heteroatoms. The maximum Gasteiger partial charge on any atom is 0.390 e. The van der Waals surface area contributed by atoms with Gasteiger partial charge in [-0.25, -0.2) is 18.2 Å². The Hall–Kier alpha value is -2.46. The number of halogens is 6. The lowest BCUT2D eigenvalue weighted by molar-refractivity contribution is -0.132. The third kappa shape index (κ3) is 7.31. The molecule has 0 aliphatic heterocycles. The fourth-order valence-electron chi connectivity index (χ4n) is 1.63. The second-order valence-corrected chi connectivity index (χ2v) is 4.76. The van der Waals surface area contributed by atoms with Crippen LogP contribution in [-0.2, 0) is 4.79 Å². The van der Waals surface area contributed by atoms with E-state index < -0.39 is 54.7 Å². The van der Waals surface area contributed by atoms with Gasteiger partial charge in [0, 0.05) is 13.1 Å². The number of rotatable bonds is 6. The molecule has 0 saturated heterocycles. The third-order valence-corrected chi connectivity index (χ3v) is 2.74. The van der Waals surface area contributed by atoms with Gasteiger partial charge in [-0.2, -0.15) is 13.2 Å². The van der Waals surface area contributed by atoms with Crippen LogP contribution in [0.1, 0.15) is 13.3 Å². The summed E-state index contributed by atoms with van der Waals surface area (Å²) in [6.07, 6.45) is -5.43. The Bertz CT molecular complexity index is 632. The van der Waals surface area contributed by atoms with Crippen LogP contribution in [0.4, 0.5) is 32.0 Å². The predicted molar refractivity (Wildman–Crippen MR) is 79.6 cm³/mol. The molecule has 0 atom stereocenters. The number of amides is 1. The van der Waals surface area contributed by atoms with E-state index in [9.17, 15) is 31.1 Å². The van der Waals surface area contributed by atoms with Crippen LogP contribution < -0.4 is 16.0 Å². The number of benzene rings is 1. The van der Waals surface area contributed by atoms with Crippen LogP contribution in [0.2, 0.25) is 0 Å². The zero-order valence-corrected chi connectivity index (χ0v) is 13.1. The fraction of sp³-hybridized carbons (Fsp3) is 0.429.